The lowest BCUT2D eigenvalue weighted by atomic mass is 10.1. The average molecular weight is 200 g/mol. The summed E-state index contributed by atoms with van der Waals surface area (Å²) in [6.07, 6.45) is -0.0655. The lowest BCUT2D eigenvalue weighted by Gasteiger charge is -2.18. The van der Waals surface area contributed by atoms with Gasteiger partial charge in [-0.25, -0.2) is 0 Å². The Morgan fingerprint density at radius 3 is 2.54 bits per heavy atom. The SMILES string of the molecule is [B]CC(=O)N(CCNC)SC(C)=O. The molecule has 0 aliphatic rings. The number of hydrogen-bond donors (Lipinski definition) is 1. The molecule has 0 bridgehead atoms. The number of nitrogens with one attached hydrogen (secondary N) is 1. The summed E-state index contributed by atoms with van der Waals surface area (Å²) in [5.74, 6) is -0.226. The summed E-state index contributed by atoms with van der Waals surface area (Å²) < 4.78 is 1.37. The summed E-state index contributed by atoms with van der Waals surface area (Å²) in [5.41, 5.74) is 0. The fraction of sp³-hybridized carbons (Fsp3) is 0.714. The molecule has 13 heavy (non-hydrogen) atoms. The van der Waals surface area contributed by atoms with Gasteiger partial charge in [0.05, 0.1) is 7.85 Å². The molecular weight excluding hydrogens is 187 g/mol. The van der Waals surface area contributed by atoms with Gasteiger partial charge in [-0.1, -0.05) is 0 Å². The van der Waals surface area contributed by atoms with Crippen molar-refractivity contribution >= 4 is 30.8 Å². The molecule has 0 aromatic rings. The zero-order valence-electron chi connectivity index (χ0n) is 7.87. The molecule has 1 amide bonds. The zero-order valence-corrected chi connectivity index (χ0v) is 8.69. The van der Waals surface area contributed by atoms with E-state index in [4.69, 9.17) is 7.85 Å². The fourth-order valence-electron chi connectivity index (χ4n) is 0.692. The maximum absolute atomic E-state index is 11.2. The minimum Gasteiger partial charge on any atom is -0.318 e. The number of rotatable bonds is 4. The average Bonchev–Trinajstić information content (AvgIpc) is 2.10. The molecule has 0 aliphatic carbocycles. The fourth-order valence-corrected chi connectivity index (χ4v) is 1.36. The van der Waals surface area contributed by atoms with E-state index in [1.54, 1.807) is 7.05 Å². The van der Waals surface area contributed by atoms with E-state index in [9.17, 15) is 9.59 Å². The van der Waals surface area contributed by atoms with E-state index in [2.05, 4.69) is 5.32 Å². The van der Waals surface area contributed by atoms with Crippen LogP contribution in [0.3, 0.4) is 0 Å². The van der Waals surface area contributed by atoms with Crippen molar-refractivity contribution in [3.63, 3.8) is 0 Å². The molecule has 0 heterocycles. The molecule has 4 nitrogen and oxygen atoms in total. The maximum atomic E-state index is 11.2. The van der Waals surface area contributed by atoms with Gasteiger partial charge >= 0.3 is 0 Å². The van der Waals surface area contributed by atoms with E-state index in [0.29, 0.717) is 13.1 Å². The molecule has 0 rings (SSSR count). The van der Waals surface area contributed by atoms with E-state index >= 15 is 0 Å². The third kappa shape index (κ3) is 5.71. The van der Waals surface area contributed by atoms with Gasteiger partial charge in [0.2, 0.25) is 11.0 Å². The molecule has 0 saturated carbocycles. The summed E-state index contributed by atoms with van der Waals surface area (Å²) >= 11 is 0.897. The molecule has 0 aliphatic heterocycles. The van der Waals surface area contributed by atoms with Crippen molar-refractivity contribution in [2.75, 3.05) is 20.1 Å². The van der Waals surface area contributed by atoms with Crippen LogP contribution in [0.5, 0.6) is 0 Å². The summed E-state index contributed by atoms with van der Waals surface area (Å²) in [6.45, 7) is 2.55. The van der Waals surface area contributed by atoms with Gasteiger partial charge in [0.1, 0.15) is 0 Å². The Balaban J connectivity index is 4.02. The quantitative estimate of drug-likeness (QED) is 0.505. The van der Waals surface area contributed by atoms with Crippen LogP contribution in [-0.4, -0.2) is 43.3 Å². The van der Waals surface area contributed by atoms with Crippen molar-refractivity contribution in [2.45, 2.75) is 13.2 Å². The van der Waals surface area contributed by atoms with E-state index in [-0.39, 0.29) is 17.3 Å². The Hall–Kier alpha value is -0.485. The zero-order chi connectivity index (χ0) is 10.3. The highest BCUT2D eigenvalue weighted by atomic mass is 32.2. The summed E-state index contributed by atoms with van der Waals surface area (Å²) in [4.78, 5) is 21.9. The third-order valence-electron chi connectivity index (χ3n) is 1.26. The van der Waals surface area contributed by atoms with Gasteiger partial charge in [0.15, 0.2) is 0 Å². The number of likely N-dealkylation sites (N-methyl/N-ethyl adjacent to an activating group) is 1. The predicted molar refractivity (Wildman–Crippen MR) is 54.5 cm³/mol. The normalized spacial score (nSPS) is 9.69. The monoisotopic (exact) mass is 200 g/mol. The molecule has 0 atom stereocenters. The lowest BCUT2D eigenvalue weighted by molar-refractivity contribution is -0.124. The smallest absolute Gasteiger partial charge is 0.224 e. The third-order valence-corrected chi connectivity index (χ3v) is 2.12. The van der Waals surface area contributed by atoms with E-state index in [1.165, 1.54) is 11.2 Å². The van der Waals surface area contributed by atoms with Gasteiger partial charge in [-0.2, -0.15) is 0 Å². The van der Waals surface area contributed by atoms with Crippen molar-refractivity contribution in [1.82, 2.24) is 9.62 Å². The van der Waals surface area contributed by atoms with E-state index < -0.39 is 0 Å². The number of carbonyl (C=O) groups is 2. The van der Waals surface area contributed by atoms with Crippen molar-refractivity contribution < 1.29 is 9.59 Å². The second kappa shape index (κ2) is 6.97. The van der Waals surface area contributed by atoms with Gasteiger partial charge in [-0.15, -0.1) is 0 Å². The van der Waals surface area contributed by atoms with Crippen LogP contribution in [0.1, 0.15) is 6.92 Å². The molecule has 72 valence electrons. The first-order valence-corrected chi connectivity index (χ1v) is 4.72. The molecule has 6 heteroatoms. The number of nitrogens with zero attached hydrogens (tertiary/aromatic N) is 1. The number of amides is 1. The molecule has 0 spiro atoms. The van der Waals surface area contributed by atoms with Gasteiger partial charge in [0, 0.05) is 32.0 Å². The standard InChI is InChI=1S/C7H13BN2O2S/c1-6(11)13-10(4-3-9-2)7(12)5-8/h9H,3-5H2,1-2H3. The van der Waals surface area contributed by atoms with Crippen LogP contribution < -0.4 is 5.32 Å². The summed E-state index contributed by atoms with van der Waals surface area (Å²) in [6, 6.07) is 0. The first-order valence-electron chi connectivity index (χ1n) is 3.95. The second-order valence-corrected chi connectivity index (χ2v) is 3.58. The first-order chi connectivity index (χ1) is 6.11. The van der Waals surface area contributed by atoms with Gasteiger partial charge in [0.25, 0.3) is 0 Å². The van der Waals surface area contributed by atoms with Crippen LogP contribution in [-0.2, 0) is 9.59 Å². The highest BCUT2D eigenvalue weighted by Gasteiger charge is 2.13. The van der Waals surface area contributed by atoms with E-state index in [0.717, 1.165) is 11.9 Å². The van der Waals surface area contributed by atoms with Crippen LogP contribution in [0.2, 0.25) is 6.32 Å². The highest BCUT2D eigenvalue weighted by molar-refractivity contribution is 8.11. The van der Waals surface area contributed by atoms with Crippen LogP contribution >= 0.6 is 11.9 Å². The molecule has 2 radical (unpaired) electrons. The molecule has 0 aromatic carbocycles. The van der Waals surface area contributed by atoms with Gasteiger partial charge in [-0.3, -0.25) is 13.9 Å². The van der Waals surface area contributed by atoms with Crippen LogP contribution in [0.15, 0.2) is 0 Å². The van der Waals surface area contributed by atoms with E-state index in [1.807, 2.05) is 0 Å². The largest absolute Gasteiger partial charge is 0.318 e. The van der Waals surface area contributed by atoms with Gasteiger partial charge in [-0.05, 0) is 13.4 Å². The van der Waals surface area contributed by atoms with Crippen LogP contribution in [0.25, 0.3) is 0 Å². The van der Waals surface area contributed by atoms with Crippen molar-refractivity contribution in [3.05, 3.63) is 0 Å². The first kappa shape index (κ1) is 12.5. The molecule has 0 saturated heterocycles. The Morgan fingerprint density at radius 1 is 1.54 bits per heavy atom. The van der Waals surface area contributed by atoms with Crippen LogP contribution in [0, 0.1) is 0 Å². The summed E-state index contributed by atoms with van der Waals surface area (Å²) in [7, 11) is 6.97. The molecule has 0 unspecified atom stereocenters. The molecule has 0 fully saturated rings. The highest BCUT2D eigenvalue weighted by Crippen LogP contribution is 2.11. The molecule has 0 aromatic heterocycles. The topological polar surface area (TPSA) is 49.4 Å². The van der Waals surface area contributed by atoms with Crippen molar-refractivity contribution in [1.29, 1.82) is 0 Å². The molecule has 1 N–H and O–H groups in total. The predicted octanol–water partition coefficient (Wildman–Crippen LogP) is -0.184. The Morgan fingerprint density at radius 2 is 2.15 bits per heavy atom. The van der Waals surface area contributed by atoms with Crippen LogP contribution in [0.4, 0.5) is 0 Å². The van der Waals surface area contributed by atoms with Gasteiger partial charge < -0.3 is 5.32 Å². The van der Waals surface area contributed by atoms with Crippen molar-refractivity contribution in [2.24, 2.45) is 0 Å². The Bertz CT molecular complexity index is 189. The Kier molecular flexibility index (Phi) is 6.71. The minimum absolute atomic E-state index is 0.0655. The number of hydrogen-bond acceptors (Lipinski definition) is 4. The second-order valence-electron chi connectivity index (χ2n) is 2.39. The molecular formula is C7H13BN2O2S. The minimum atomic E-state index is -0.226. The number of carbonyl (C=O) groups excluding carboxylic acids is 2. The lowest BCUT2D eigenvalue weighted by Crippen LogP contribution is -2.31. The van der Waals surface area contributed by atoms with Crippen molar-refractivity contribution in [3.8, 4) is 0 Å². The maximum Gasteiger partial charge on any atom is 0.224 e. The summed E-state index contributed by atoms with van der Waals surface area (Å²) in [5, 5.41) is 2.78. The Labute approximate surface area is 84.0 Å².